The Balaban J connectivity index is 1.81. The van der Waals surface area contributed by atoms with Crippen molar-refractivity contribution in [2.24, 2.45) is 4.99 Å². The molecule has 2 heterocycles. The van der Waals surface area contributed by atoms with Gasteiger partial charge in [-0.2, -0.15) is 0 Å². The molecule has 2 N–H and O–H groups in total. The molecular weight excluding hydrogens is 316 g/mol. The van der Waals surface area contributed by atoms with Crippen LogP contribution in [0.25, 0.3) is 16.3 Å². The second-order valence-electron chi connectivity index (χ2n) is 4.91. The summed E-state index contributed by atoms with van der Waals surface area (Å²) < 4.78 is 5.66. The Kier molecular flexibility index (Phi) is 4.07. The highest BCUT2D eigenvalue weighted by Crippen LogP contribution is 2.21. The Morgan fingerprint density at radius 1 is 1.48 bits per heavy atom. The number of aliphatic imine (C=N–C) groups is 1. The van der Waals surface area contributed by atoms with Crippen LogP contribution in [0, 0.1) is 0 Å². The summed E-state index contributed by atoms with van der Waals surface area (Å²) in [6.07, 6.45) is 1.69. The number of guanidine groups is 1. The number of carbonyl (C=O) groups is 2. The van der Waals surface area contributed by atoms with E-state index in [1.54, 1.807) is 18.5 Å². The number of ether oxygens (including phenoxy) is 1. The predicted molar refractivity (Wildman–Crippen MR) is 87.8 cm³/mol. The van der Waals surface area contributed by atoms with Crippen LogP contribution in [0.5, 0.6) is 0 Å². The minimum Gasteiger partial charge on any atom is -0.467 e. The van der Waals surface area contributed by atoms with Gasteiger partial charge in [0.25, 0.3) is 5.91 Å². The smallest absolute Gasteiger partial charge is 0.328 e. The normalized spacial score (nSPS) is 17.0. The number of methoxy groups -OCH3 is 1. The maximum Gasteiger partial charge on any atom is 0.328 e. The zero-order valence-corrected chi connectivity index (χ0v) is 13.3. The number of thiazole rings is 1. The highest BCUT2D eigenvalue weighted by atomic mass is 32.1. The number of esters is 1. The van der Waals surface area contributed by atoms with Crippen LogP contribution in [-0.2, 0) is 14.3 Å². The van der Waals surface area contributed by atoms with E-state index in [2.05, 4.69) is 25.3 Å². The SMILES string of the molecule is COC(=O)C(C)NC1=N/C(=C\c2ccc3ncsc3c2)C(=O)N1. The molecule has 118 valence electrons. The van der Waals surface area contributed by atoms with Crippen molar-refractivity contribution in [3.63, 3.8) is 0 Å². The van der Waals surface area contributed by atoms with E-state index in [9.17, 15) is 9.59 Å². The highest BCUT2D eigenvalue weighted by Gasteiger charge is 2.23. The molecule has 1 aromatic carbocycles. The van der Waals surface area contributed by atoms with Crippen LogP contribution in [0.3, 0.4) is 0 Å². The molecule has 1 amide bonds. The average molecular weight is 330 g/mol. The lowest BCUT2D eigenvalue weighted by molar-refractivity contribution is -0.142. The number of carbonyl (C=O) groups excluding carboxylic acids is 2. The standard InChI is InChI=1S/C15H14N4O3S/c1-8(14(21)22-2)17-15-18-11(13(20)19-15)5-9-3-4-10-12(6-9)23-7-16-10/h3-8H,1-2H3,(H2,17,18,19,20)/b11-5-. The molecule has 3 rings (SSSR count). The first-order chi connectivity index (χ1) is 11.1. The fourth-order valence-corrected chi connectivity index (χ4v) is 2.82. The van der Waals surface area contributed by atoms with E-state index in [0.717, 1.165) is 15.8 Å². The summed E-state index contributed by atoms with van der Waals surface area (Å²) in [5, 5.41) is 5.38. The van der Waals surface area contributed by atoms with Gasteiger partial charge in [-0.3, -0.25) is 10.1 Å². The van der Waals surface area contributed by atoms with Gasteiger partial charge < -0.3 is 10.1 Å². The predicted octanol–water partition coefficient (Wildman–Crippen LogP) is 1.27. The fraction of sp³-hybridized carbons (Fsp3) is 0.200. The second kappa shape index (κ2) is 6.17. The Hall–Kier alpha value is -2.74. The van der Waals surface area contributed by atoms with Gasteiger partial charge in [-0.25, -0.2) is 14.8 Å². The number of hydrogen-bond donors (Lipinski definition) is 2. The minimum absolute atomic E-state index is 0.234. The van der Waals surface area contributed by atoms with Crippen molar-refractivity contribution in [1.82, 2.24) is 15.6 Å². The monoisotopic (exact) mass is 330 g/mol. The molecule has 0 saturated carbocycles. The fourth-order valence-electron chi connectivity index (χ4n) is 2.10. The number of hydrogen-bond acceptors (Lipinski definition) is 7. The molecule has 1 aliphatic heterocycles. The first-order valence-corrected chi connectivity index (χ1v) is 7.74. The van der Waals surface area contributed by atoms with Gasteiger partial charge in [0.2, 0.25) is 5.96 Å². The van der Waals surface area contributed by atoms with Gasteiger partial charge >= 0.3 is 5.97 Å². The lowest BCUT2D eigenvalue weighted by atomic mass is 10.2. The molecule has 0 fully saturated rings. The van der Waals surface area contributed by atoms with Crippen molar-refractivity contribution in [3.05, 3.63) is 35.0 Å². The quantitative estimate of drug-likeness (QED) is 0.653. The summed E-state index contributed by atoms with van der Waals surface area (Å²) in [6.45, 7) is 1.62. The molecule has 2 aromatic rings. The van der Waals surface area contributed by atoms with Crippen molar-refractivity contribution in [2.75, 3.05) is 7.11 Å². The molecule has 1 atom stereocenters. The van der Waals surface area contributed by atoms with Gasteiger partial charge in [0.15, 0.2) is 0 Å². The van der Waals surface area contributed by atoms with Crippen molar-refractivity contribution in [1.29, 1.82) is 0 Å². The van der Waals surface area contributed by atoms with E-state index in [-0.39, 0.29) is 17.6 Å². The van der Waals surface area contributed by atoms with Crippen LogP contribution >= 0.6 is 11.3 Å². The van der Waals surface area contributed by atoms with Crippen LogP contribution < -0.4 is 10.6 Å². The summed E-state index contributed by atoms with van der Waals surface area (Å²) in [5.41, 5.74) is 3.83. The number of rotatable bonds is 3. The second-order valence-corrected chi connectivity index (χ2v) is 5.80. The molecule has 0 aliphatic carbocycles. The van der Waals surface area contributed by atoms with Crippen molar-refractivity contribution >= 4 is 45.5 Å². The summed E-state index contributed by atoms with van der Waals surface area (Å²) in [6, 6.07) is 5.12. The van der Waals surface area contributed by atoms with E-state index in [4.69, 9.17) is 0 Å². The maximum absolute atomic E-state index is 12.0. The number of benzene rings is 1. The molecule has 0 saturated heterocycles. The van der Waals surface area contributed by atoms with E-state index < -0.39 is 12.0 Å². The Morgan fingerprint density at radius 3 is 3.09 bits per heavy atom. The number of nitrogens with one attached hydrogen (secondary N) is 2. The Labute approximate surface area is 136 Å². The Bertz CT molecular complexity index is 840. The van der Waals surface area contributed by atoms with Gasteiger partial charge in [0, 0.05) is 0 Å². The molecule has 1 unspecified atom stereocenters. The van der Waals surface area contributed by atoms with Crippen LogP contribution in [-0.4, -0.2) is 36.0 Å². The van der Waals surface area contributed by atoms with E-state index in [0.29, 0.717) is 0 Å². The van der Waals surface area contributed by atoms with Crippen LogP contribution in [0.15, 0.2) is 34.4 Å². The third-order valence-corrected chi connectivity index (χ3v) is 4.06. The van der Waals surface area contributed by atoms with Crippen LogP contribution in [0.4, 0.5) is 0 Å². The van der Waals surface area contributed by atoms with Crippen molar-refractivity contribution < 1.29 is 14.3 Å². The van der Waals surface area contributed by atoms with Gasteiger partial charge in [-0.05, 0) is 30.7 Å². The maximum atomic E-state index is 12.0. The number of fused-ring (bicyclic) bond motifs is 1. The highest BCUT2D eigenvalue weighted by molar-refractivity contribution is 7.16. The average Bonchev–Trinajstić information content (AvgIpc) is 3.13. The van der Waals surface area contributed by atoms with E-state index in [1.165, 1.54) is 18.4 Å². The molecule has 23 heavy (non-hydrogen) atoms. The molecule has 0 spiro atoms. The van der Waals surface area contributed by atoms with Crippen molar-refractivity contribution in [2.45, 2.75) is 13.0 Å². The van der Waals surface area contributed by atoms with E-state index in [1.807, 2.05) is 18.2 Å². The van der Waals surface area contributed by atoms with Gasteiger partial charge in [-0.1, -0.05) is 6.07 Å². The first kappa shape index (κ1) is 15.2. The van der Waals surface area contributed by atoms with Crippen LogP contribution in [0.2, 0.25) is 0 Å². The number of nitrogens with zero attached hydrogens (tertiary/aromatic N) is 2. The third-order valence-electron chi connectivity index (χ3n) is 3.26. The van der Waals surface area contributed by atoms with Gasteiger partial charge in [-0.15, -0.1) is 11.3 Å². The van der Waals surface area contributed by atoms with Crippen molar-refractivity contribution in [3.8, 4) is 0 Å². The largest absolute Gasteiger partial charge is 0.467 e. The molecule has 0 radical (unpaired) electrons. The van der Waals surface area contributed by atoms with Gasteiger partial charge in [0.05, 0.1) is 22.8 Å². The first-order valence-electron chi connectivity index (χ1n) is 6.86. The summed E-state index contributed by atoms with van der Waals surface area (Å²) in [7, 11) is 1.30. The molecule has 8 heteroatoms. The minimum atomic E-state index is -0.605. The molecular formula is C15H14N4O3S. The number of aromatic nitrogens is 1. The third kappa shape index (κ3) is 3.21. The molecule has 0 bridgehead atoms. The zero-order chi connectivity index (χ0) is 16.4. The zero-order valence-electron chi connectivity index (χ0n) is 12.5. The van der Waals surface area contributed by atoms with Gasteiger partial charge in [0.1, 0.15) is 11.7 Å². The number of amides is 1. The summed E-state index contributed by atoms with van der Waals surface area (Å²) >= 11 is 1.53. The summed E-state index contributed by atoms with van der Waals surface area (Å²) in [4.78, 5) is 31.7. The lowest BCUT2D eigenvalue weighted by Gasteiger charge is -2.11. The summed E-state index contributed by atoms with van der Waals surface area (Å²) in [5.74, 6) is -0.526. The molecule has 1 aliphatic rings. The lowest BCUT2D eigenvalue weighted by Crippen LogP contribution is -2.45. The van der Waals surface area contributed by atoms with Crippen LogP contribution in [0.1, 0.15) is 12.5 Å². The molecule has 7 nitrogen and oxygen atoms in total. The topological polar surface area (TPSA) is 92.7 Å². The Morgan fingerprint density at radius 2 is 2.30 bits per heavy atom. The van der Waals surface area contributed by atoms with E-state index >= 15 is 0 Å². The molecule has 1 aromatic heterocycles.